The molecule has 0 saturated heterocycles. The molecule has 3 rings (SSSR count). The summed E-state index contributed by atoms with van der Waals surface area (Å²) in [6.45, 7) is 1.09. The number of aromatic nitrogens is 3. The van der Waals surface area contributed by atoms with Gasteiger partial charge >= 0.3 is 0 Å². The molecule has 2 heterocycles. The Morgan fingerprint density at radius 2 is 1.83 bits per heavy atom. The average molecular weight is 329 g/mol. The SMILES string of the molecule is CNC(COC)c1cnnn1CCN1C(=O)c2ccccc2C1=O. The van der Waals surface area contributed by atoms with Gasteiger partial charge in [0.2, 0.25) is 0 Å². The van der Waals surface area contributed by atoms with E-state index >= 15 is 0 Å². The molecular formula is C16H19N5O3. The largest absolute Gasteiger partial charge is 0.383 e. The van der Waals surface area contributed by atoms with E-state index in [0.717, 1.165) is 5.69 Å². The van der Waals surface area contributed by atoms with Crippen LogP contribution in [-0.4, -0.2) is 59.0 Å². The summed E-state index contributed by atoms with van der Waals surface area (Å²) in [5.41, 5.74) is 1.75. The highest BCUT2D eigenvalue weighted by molar-refractivity contribution is 6.21. The monoisotopic (exact) mass is 329 g/mol. The standard InChI is InChI=1S/C16H19N5O3/c1-17-13(10-24-2)14-9-18-19-21(14)8-7-20-15(22)11-5-3-4-6-12(11)16(20)23/h3-6,9,13,17H,7-8,10H2,1-2H3. The summed E-state index contributed by atoms with van der Waals surface area (Å²) < 4.78 is 6.86. The molecule has 1 aliphatic rings. The molecule has 1 aliphatic heterocycles. The number of rotatable bonds is 7. The second-order valence-electron chi connectivity index (χ2n) is 5.49. The van der Waals surface area contributed by atoms with Crippen LogP contribution in [0.2, 0.25) is 0 Å². The first-order chi connectivity index (χ1) is 11.7. The summed E-state index contributed by atoms with van der Waals surface area (Å²) in [6, 6.07) is 6.79. The van der Waals surface area contributed by atoms with Gasteiger partial charge in [-0.25, -0.2) is 4.68 Å². The molecule has 0 fully saturated rings. The van der Waals surface area contributed by atoms with Crippen molar-refractivity contribution in [2.24, 2.45) is 0 Å². The molecule has 2 amide bonds. The number of nitrogens with one attached hydrogen (secondary N) is 1. The van der Waals surface area contributed by atoms with Crippen LogP contribution >= 0.6 is 0 Å². The lowest BCUT2D eigenvalue weighted by Crippen LogP contribution is -2.34. The number of imide groups is 1. The fraction of sp³-hybridized carbons (Fsp3) is 0.375. The third-order valence-electron chi connectivity index (χ3n) is 4.10. The van der Waals surface area contributed by atoms with Crippen LogP contribution in [0.25, 0.3) is 0 Å². The molecule has 0 aliphatic carbocycles. The number of carbonyl (C=O) groups excluding carboxylic acids is 2. The number of fused-ring (bicyclic) bond motifs is 1. The summed E-state index contributed by atoms with van der Waals surface area (Å²) in [7, 11) is 3.45. The molecule has 8 heteroatoms. The predicted octanol–water partition coefficient (Wildman–Crippen LogP) is 0.481. The van der Waals surface area contributed by atoms with Gasteiger partial charge in [0.15, 0.2) is 0 Å². The molecule has 8 nitrogen and oxygen atoms in total. The zero-order chi connectivity index (χ0) is 17.1. The molecule has 1 atom stereocenters. The van der Waals surface area contributed by atoms with Crippen molar-refractivity contribution >= 4 is 11.8 Å². The predicted molar refractivity (Wildman–Crippen MR) is 85.5 cm³/mol. The molecule has 24 heavy (non-hydrogen) atoms. The van der Waals surface area contributed by atoms with E-state index in [2.05, 4.69) is 15.6 Å². The van der Waals surface area contributed by atoms with E-state index in [9.17, 15) is 9.59 Å². The lowest BCUT2D eigenvalue weighted by Gasteiger charge is -2.18. The zero-order valence-corrected chi connectivity index (χ0v) is 13.6. The normalized spacial score (nSPS) is 15.0. The highest BCUT2D eigenvalue weighted by Crippen LogP contribution is 2.22. The van der Waals surface area contributed by atoms with E-state index in [4.69, 9.17) is 4.74 Å². The maximum absolute atomic E-state index is 12.4. The first-order valence-corrected chi connectivity index (χ1v) is 7.67. The molecule has 126 valence electrons. The van der Waals surface area contributed by atoms with E-state index < -0.39 is 0 Å². The Balaban J connectivity index is 1.73. The Hall–Kier alpha value is -2.58. The van der Waals surface area contributed by atoms with Gasteiger partial charge in [-0.15, -0.1) is 5.10 Å². The van der Waals surface area contributed by atoms with E-state index in [0.29, 0.717) is 24.3 Å². The summed E-state index contributed by atoms with van der Waals surface area (Å²) in [6.07, 6.45) is 1.66. The van der Waals surface area contributed by atoms with Gasteiger partial charge in [-0.1, -0.05) is 17.3 Å². The smallest absolute Gasteiger partial charge is 0.261 e. The first-order valence-electron chi connectivity index (χ1n) is 7.67. The van der Waals surface area contributed by atoms with Crippen molar-refractivity contribution in [3.63, 3.8) is 0 Å². The van der Waals surface area contributed by atoms with E-state index in [1.165, 1.54) is 4.90 Å². The number of hydrogen-bond acceptors (Lipinski definition) is 6. The molecule has 1 aromatic heterocycles. The topological polar surface area (TPSA) is 89.3 Å². The molecule has 0 spiro atoms. The fourth-order valence-corrected chi connectivity index (χ4v) is 2.83. The number of carbonyl (C=O) groups is 2. The van der Waals surface area contributed by atoms with Crippen LogP contribution in [0.1, 0.15) is 32.5 Å². The number of hydrogen-bond donors (Lipinski definition) is 1. The van der Waals surface area contributed by atoms with Gasteiger partial charge in [-0.05, 0) is 19.2 Å². The Kier molecular flexibility index (Phi) is 4.68. The lowest BCUT2D eigenvalue weighted by atomic mass is 10.1. The molecule has 1 N–H and O–H groups in total. The maximum Gasteiger partial charge on any atom is 0.261 e. The third-order valence-corrected chi connectivity index (χ3v) is 4.10. The van der Waals surface area contributed by atoms with Crippen LogP contribution in [0, 0.1) is 0 Å². The van der Waals surface area contributed by atoms with Crippen LogP contribution in [0.3, 0.4) is 0 Å². The van der Waals surface area contributed by atoms with Crippen molar-refractivity contribution in [3.8, 4) is 0 Å². The third kappa shape index (κ3) is 2.81. The number of methoxy groups -OCH3 is 1. The van der Waals surface area contributed by atoms with Crippen molar-refractivity contribution < 1.29 is 14.3 Å². The van der Waals surface area contributed by atoms with Crippen LogP contribution in [0.5, 0.6) is 0 Å². The fourth-order valence-electron chi connectivity index (χ4n) is 2.83. The highest BCUT2D eigenvalue weighted by atomic mass is 16.5. The van der Waals surface area contributed by atoms with E-state index in [1.807, 2.05) is 7.05 Å². The number of nitrogens with zero attached hydrogens (tertiary/aromatic N) is 4. The van der Waals surface area contributed by atoms with Crippen LogP contribution in [0.4, 0.5) is 0 Å². The van der Waals surface area contributed by atoms with Crippen molar-refractivity contribution in [3.05, 3.63) is 47.3 Å². The number of amides is 2. The maximum atomic E-state index is 12.4. The molecule has 1 aromatic carbocycles. The van der Waals surface area contributed by atoms with Crippen molar-refractivity contribution in [1.82, 2.24) is 25.2 Å². The highest BCUT2D eigenvalue weighted by Gasteiger charge is 2.34. The first kappa shape index (κ1) is 16.3. The summed E-state index contributed by atoms with van der Waals surface area (Å²) in [5.74, 6) is -0.529. The minimum absolute atomic E-state index is 0.0628. The molecule has 0 radical (unpaired) electrons. The summed E-state index contributed by atoms with van der Waals surface area (Å²) >= 11 is 0. The van der Waals surface area contributed by atoms with Crippen molar-refractivity contribution in [2.45, 2.75) is 12.6 Å². The van der Waals surface area contributed by atoms with E-state index in [1.54, 1.807) is 42.3 Å². The Morgan fingerprint density at radius 1 is 1.17 bits per heavy atom. The minimum atomic E-state index is -0.265. The van der Waals surface area contributed by atoms with Crippen LogP contribution in [-0.2, 0) is 11.3 Å². The van der Waals surface area contributed by atoms with Crippen LogP contribution in [0.15, 0.2) is 30.5 Å². The van der Waals surface area contributed by atoms with Gasteiger partial charge < -0.3 is 10.1 Å². The van der Waals surface area contributed by atoms with Crippen LogP contribution < -0.4 is 5.32 Å². The molecule has 0 bridgehead atoms. The quantitative estimate of drug-likeness (QED) is 0.743. The van der Waals surface area contributed by atoms with Gasteiger partial charge in [0.25, 0.3) is 11.8 Å². The number of benzene rings is 1. The Bertz CT molecular complexity index is 723. The second-order valence-corrected chi connectivity index (χ2v) is 5.49. The van der Waals surface area contributed by atoms with Gasteiger partial charge in [0, 0.05) is 13.7 Å². The van der Waals surface area contributed by atoms with Gasteiger partial charge in [0.1, 0.15) is 0 Å². The van der Waals surface area contributed by atoms with Gasteiger partial charge in [0.05, 0.1) is 42.2 Å². The molecular weight excluding hydrogens is 310 g/mol. The number of ether oxygens (including phenoxy) is 1. The Morgan fingerprint density at radius 3 is 2.42 bits per heavy atom. The van der Waals surface area contributed by atoms with Crippen molar-refractivity contribution in [2.75, 3.05) is 27.3 Å². The Labute approximate surface area is 139 Å². The number of likely N-dealkylation sites (N-methyl/N-ethyl adjacent to an activating group) is 1. The molecule has 1 unspecified atom stereocenters. The lowest BCUT2D eigenvalue weighted by molar-refractivity contribution is 0.0646. The van der Waals surface area contributed by atoms with Gasteiger partial charge in [-0.2, -0.15) is 0 Å². The minimum Gasteiger partial charge on any atom is -0.383 e. The summed E-state index contributed by atoms with van der Waals surface area (Å²) in [5, 5.41) is 11.1. The molecule has 0 saturated carbocycles. The van der Waals surface area contributed by atoms with Crippen molar-refractivity contribution in [1.29, 1.82) is 0 Å². The zero-order valence-electron chi connectivity index (χ0n) is 13.6. The molecule has 2 aromatic rings. The average Bonchev–Trinajstić information content (AvgIpc) is 3.16. The summed E-state index contributed by atoms with van der Waals surface area (Å²) in [4.78, 5) is 26.0. The van der Waals surface area contributed by atoms with Gasteiger partial charge in [-0.3, -0.25) is 14.5 Å². The van der Waals surface area contributed by atoms with E-state index in [-0.39, 0.29) is 24.4 Å². The second kappa shape index (κ2) is 6.90.